The van der Waals surface area contributed by atoms with Crippen molar-refractivity contribution in [2.24, 2.45) is 0 Å². The van der Waals surface area contributed by atoms with Crippen LogP contribution in [0.25, 0.3) is 0 Å². The lowest BCUT2D eigenvalue weighted by molar-refractivity contribution is -0.385. The van der Waals surface area contributed by atoms with E-state index >= 15 is 0 Å². The molecule has 24 heavy (non-hydrogen) atoms. The number of nitrogens with zero attached hydrogens (tertiary/aromatic N) is 1. The first-order valence-electron chi connectivity index (χ1n) is 6.88. The zero-order valence-electron chi connectivity index (χ0n) is 12.6. The van der Waals surface area contributed by atoms with Crippen LogP contribution in [0.2, 0.25) is 0 Å². The standard InChI is InChI=1S/C16H13F3N2O3/c1-10-13(6-3-7-14(10)21(23)24)15(22)20-9-11-4-2-5-12(8-11)16(17,18)19/h2-8H,9H2,1H3,(H,20,22). The molecule has 1 amide bonds. The Bertz CT molecular complexity index is 788. The molecule has 8 heteroatoms. The number of alkyl halides is 3. The lowest BCUT2D eigenvalue weighted by Gasteiger charge is -2.10. The average molecular weight is 338 g/mol. The van der Waals surface area contributed by atoms with Crippen molar-refractivity contribution in [1.29, 1.82) is 0 Å². The first-order chi connectivity index (χ1) is 11.2. The molecule has 0 aliphatic rings. The van der Waals surface area contributed by atoms with Crippen LogP contribution in [0.1, 0.15) is 27.0 Å². The minimum atomic E-state index is -4.46. The molecule has 126 valence electrons. The van der Waals surface area contributed by atoms with Crippen molar-refractivity contribution >= 4 is 11.6 Å². The summed E-state index contributed by atoms with van der Waals surface area (Å²) in [5.41, 5.74) is -0.413. The SMILES string of the molecule is Cc1c(C(=O)NCc2cccc(C(F)(F)F)c2)cccc1[N+](=O)[O-]. The van der Waals surface area contributed by atoms with Crippen LogP contribution in [0.3, 0.4) is 0 Å². The molecule has 0 fully saturated rings. The van der Waals surface area contributed by atoms with Crippen molar-refractivity contribution in [1.82, 2.24) is 5.32 Å². The number of nitrogens with one attached hydrogen (secondary N) is 1. The molecule has 2 aromatic carbocycles. The Morgan fingerprint density at radius 2 is 1.88 bits per heavy atom. The number of carbonyl (C=O) groups is 1. The molecule has 2 rings (SSSR count). The van der Waals surface area contributed by atoms with E-state index in [1.807, 2.05) is 0 Å². The molecular weight excluding hydrogens is 325 g/mol. The number of nitro benzene ring substituents is 1. The van der Waals surface area contributed by atoms with Crippen molar-refractivity contribution in [2.45, 2.75) is 19.6 Å². The average Bonchev–Trinajstić information content (AvgIpc) is 2.52. The first kappa shape index (κ1) is 17.5. The Labute approximate surface area is 135 Å². The third-order valence-corrected chi connectivity index (χ3v) is 3.45. The summed E-state index contributed by atoms with van der Waals surface area (Å²) in [7, 11) is 0. The van der Waals surface area contributed by atoms with Crippen LogP contribution in [0.5, 0.6) is 0 Å². The lowest BCUT2D eigenvalue weighted by atomic mass is 10.1. The van der Waals surface area contributed by atoms with Gasteiger partial charge in [0.25, 0.3) is 11.6 Å². The molecule has 0 aliphatic heterocycles. The fraction of sp³-hybridized carbons (Fsp3) is 0.188. The van der Waals surface area contributed by atoms with E-state index in [1.165, 1.54) is 37.3 Å². The van der Waals surface area contributed by atoms with E-state index in [-0.39, 0.29) is 28.9 Å². The van der Waals surface area contributed by atoms with Gasteiger partial charge in [-0.25, -0.2) is 0 Å². The molecule has 0 saturated carbocycles. The van der Waals surface area contributed by atoms with E-state index in [1.54, 1.807) is 0 Å². The lowest BCUT2D eigenvalue weighted by Crippen LogP contribution is -2.24. The summed E-state index contributed by atoms with van der Waals surface area (Å²) in [6.07, 6.45) is -4.46. The Hall–Kier alpha value is -2.90. The van der Waals surface area contributed by atoms with Crippen LogP contribution in [-0.4, -0.2) is 10.8 Å². The summed E-state index contributed by atoms with van der Waals surface area (Å²) in [6.45, 7) is 1.32. The van der Waals surface area contributed by atoms with Gasteiger partial charge in [0.05, 0.1) is 10.5 Å². The van der Waals surface area contributed by atoms with Gasteiger partial charge in [-0.1, -0.05) is 18.2 Å². The van der Waals surface area contributed by atoms with Crippen molar-refractivity contribution in [3.05, 3.63) is 74.8 Å². The van der Waals surface area contributed by atoms with E-state index in [0.717, 1.165) is 12.1 Å². The van der Waals surface area contributed by atoms with Crippen LogP contribution in [0.15, 0.2) is 42.5 Å². The molecular formula is C16H13F3N2O3. The summed E-state index contributed by atoms with van der Waals surface area (Å²) < 4.78 is 38.0. The topological polar surface area (TPSA) is 72.2 Å². The van der Waals surface area contributed by atoms with E-state index in [9.17, 15) is 28.1 Å². The predicted molar refractivity (Wildman–Crippen MR) is 80.4 cm³/mol. The Morgan fingerprint density at radius 1 is 1.21 bits per heavy atom. The zero-order valence-corrected chi connectivity index (χ0v) is 12.6. The number of carbonyl (C=O) groups excluding carboxylic acids is 1. The number of amides is 1. The fourth-order valence-corrected chi connectivity index (χ4v) is 2.20. The molecule has 0 radical (unpaired) electrons. The summed E-state index contributed by atoms with van der Waals surface area (Å²) in [5.74, 6) is -0.589. The van der Waals surface area contributed by atoms with Crippen molar-refractivity contribution in [2.75, 3.05) is 0 Å². The van der Waals surface area contributed by atoms with Crippen LogP contribution in [-0.2, 0) is 12.7 Å². The summed E-state index contributed by atoms with van der Waals surface area (Å²) in [6, 6.07) is 8.67. The molecule has 1 N–H and O–H groups in total. The molecule has 2 aromatic rings. The summed E-state index contributed by atoms with van der Waals surface area (Å²) >= 11 is 0. The number of hydrogen-bond acceptors (Lipinski definition) is 3. The molecule has 0 unspecified atom stereocenters. The fourth-order valence-electron chi connectivity index (χ4n) is 2.20. The number of nitro groups is 1. The minimum absolute atomic E-state index is 0.108. The highest BCUT2D eigenvalue weighted by Crippen LogP contribution is 2.29. The van der Waals surface area contributed by atoms with Gasteiger partial charge in [0, 0.05) is 23.7 Å². The second kappa shape index (κ2) is 6.69. The monoisotopic (exact) mass is 338 g/mol. The van der Waals surface area contributed by atoms with Gasteiger partial charge in [0.15, 0.2) is 0 Å². The second-order valence-electron chi connectivity index (χ2n) is 5.09. The van der Waals surface area contributed by atoms with Crippen molar-refractivity contribution in [3.8, 4) is 0 Å². The number of benzene rings is 2. The molecule has 0 bridgehead atoms. The van der Waals surface area contributed by atoms with Crippen molar-refractivity contribution in [3.63, 3.8) is 0 Å². The van der Waals surface area contributed by atoms with Crippen LogP contribution in [0.4, 0.5) is 18.9 Å². The Kier molecular flexibility index (Phi) is 4.87. The van der Waals surface area contributed by atoms with Crippen molar-refractivity contribution < 1.29 is 22.9 Å². The highest BCUT2D eigenvalue weighted by atomic mass is 19.4. The summed E-state index contributed by atoms with van der Waals surface area (Å²) in [4.78, 5) is 22.4. The van der Waals surface area contributed by atoms with Crippen LogP contribution in [0, 0.1) is 17.0 Å². The molecule has 0 saturated heterocycles. The maximum Gasteiger partial charge on any atom is 0.416 e. The molecule has 0 spiro atoms. The smallest absolute Gasteiger partial charge is 0.348 e. The van der Waals surface area contributed by atoms with Gasteiger partial charge in [0.1, 0.15) is 0 Å². The molecule has 5 nitrogen and oxygen atoms in total. The number of hydrogen-bond donors (Lipinski definition) is 1. The first-order valence-corrected chi connectivity index (χ1v) is 6.88. The molecule has 0 aromatic heterocycles. The highest BCUT2D eigenvalue weighted by molar-refractivity contribution is 5.96. The highest BCUT2D eigenvalue weighted by Gasteiger charge is 2.30. The van der Waals surface area contributed by atoms with E-state index in [4.69, 9.17) is 0 Å². The third kappa shape index (κ3) is 3.89. The molecule has 0 aliphatic carbocycles. The zero-order chi connectivity index (χ0) is 17.9. The maximum absolute atomic E-state index is 12.7. The quantitative estimate of drug-likeness (QED) is 0.680. The van der Waals surface area contributed by atoms with E-state index < -0.39 is 22.6 Å². The Morgan fingerprint density at radius 3 is 2.50 bits per heavy atom. The van der Waals surface area contributed by atoms with Gasteiger partial charge < -0.3 is 5.32 Å². The summed E-state index contributed by atoms with van der Waals surface area (Å²) in [5, 5.41) is 13.3. The minimum Gasteiger partial charge on any atom is -0.348 e. The van der Waals surface area contributed by atoms with Gasteiger partial charge in [-0.05, 0) is 30.7 Å². The van der Waals surface area contributed by atoms with Gasteiger partial charge in [-0.3, -0.25) is 14.9 Å². The van der Waals surface area contributed by atoms with E-state index in [2.05, 4.69) is 5.32 Å². The second-order valence-corrected chi connectivity index (χ2v) is 5.09. The van der Waals surface area contributed by atoms with Gasteiger partial charge in [-0.15, -0.1) is 0 Å². The Balaban J connectivity index is 2.15. The molecule has 0 heterocycles. The normalized spacial score (nSPS) is 11.2. The van der Waals surface area contributed by atoms with Gasteiger partial charge >= 0.3 is 6.18 Å². The maximum atomic E-state index is 12.7. The number of rotatable bonds is 4. The number of halogens is 3. The third-order valence-electron chi connectivity index (χ3n) is 3.45. The van der Waals surface area contributed by atoms with Gasteiger partial charge in [-0.2, -0.15) is 13.2 Å². The van der Waals surface area contributed by atoms with E-state index in [0.29, 0.717) is 0 Å². The largest absolute Gasteiger partial charge is 0.416 e. The van der Waals surface area contributed by atoms with Crippen LogP contribution >= 0.6 is 0 Å². The van der Waals surface area contributed by atoms with Crippen LogP contribution < -0.4 is 5.32 Å². The predicted octanol–water partition coefficient (Wildman–Crippen LogP) is 3.85. The van der Waals surface area contributed by atoms with Gasteiger partial charge in [0.2, 0.25) is 0 Å². The molecule has 0 atom stereocenters.